The lowest BCUT2D eigenvalue weighted by Crippen LogP contribution is -2.48. The Balaban J connectivity index is 1.36. The van der Waals surface area contributed by atoms with Gasteiger partial charge in [0.05, 0.1) is 10.3 Å². The first-order chi connectivity index (χ1) is 15.6. The van der Waals surface area contributed by atoms with Gasteiger partial charge in [-0.15, -0.1) is 11.3 Å². The quantitative estimate of drug-likeness (QED) is 0.380. The Hall–Kier alpha value is -2.03. The van der Waals surface area contributed by atoms with Crippen molar-refractivity contribution in [3.63, 3.8) is 0 Å². The monoisotopic (exact) mass is 487 g/mol. The van der Waals surface area contributed by atoms with E-state index in [9.17, 15) is 4.79 Å². The molecular weight excluding hydrogens is 462 g/mol. The molecule has 1 amide bonds. The number of thiophene rings is 1. The number of hydrogen-bond donors (Lipinski definition) is 0. The zero-order valence-corrected chi connectivity index (χ0v) is 20.5. The molecule has 4 heterocycles. The van der Waals surface area contributed by atoms with Crippen molar-refractivity contribution in [2.45, 2.75) is 24.4 Å². The van der Waals surface area contributed by atoms with Crippen LogP contribution in [0, 0.1) is 0 Å². The van der Waals surface area contributed by atoms with Crippen molar-refractivity contribution >= 4 is 62.3 Å². The van der Waals surface area contributed by atoms with Gasteiger partial charge in [-0.1, -0.05) is 29.4 Å². The number of rotatable bonds is 4. The number of piperidine rings is 1. The highest BCUT2D eigenvalue weighted by molar-refractivity contribution is 7.98. The lowest BCUT2D eigenvalue weighted by Gasteiger charge is -2.36. The molecule has 9 heteroatoms. The summed E-state index contributed by atoms with van der Waals surface area (Å²) >= 11 is 9.19. The number of anilines is 2. The van der Waals surface area contributed by atoms with Gasteiger partial charge in [0.25, 0.3) is 5.91 Å². The number of piperazine rings is 1. The molecule has 0 unspecified atom stereocenters. The van der Waals surface area contributed by atoms with Crippen LogP contribution in [-0.4, -0.2) is 66.3 Å². The molecule has 0 saturated carbocycles. The Labute approximate surface area is 201 Å². The van der Waals surface area contributed by atoms with Crippen LogP contribution in [0.1, 0.15) is 28.9 Å². The summed E-state index contributed by atoms with van der Waals surface area (Å²) < 4.78 is 0. The maximum absolute atomic E-state index is 13.3. The van der Waals surface area contributed by atoms with Gasteiger partial charge in [0.2, 0.25) is 0 Å². The molecule has 2 saturated heterocycles. The van der Waals surface area contributed by atoms with E-state index in [0.717, 1.165) is 63.0 Å². The first kappa shape index (κ1) is 21.8. The molecule has 2 aromatic heterocycles. The lowest BCUT2D eigenvalue weighted by atomic mass is 10.1. The third kappa shape index (κ3) is 4.40. The number of hydrogen-bond acceptors (Lipinski definition) is 7. The van der Waals surface area contributed by atoms with Gasteiger partial charge in [-0.25, -0.2) is 9.97 Å². The second-order valence-corrected chi connectivity index (χ2v) is 10.4. The molecular formula is C23H26ClN5OS2. The van der Waals surface area contributed by atoms with Crippen LogP contribution in [-0.2, 0) is 0 Å². The predicted octanol–water partition coefficient (Wildman–Crippen LogP) is 5.02. The zero-order valence-electron chi connectivity index (χ0n) is 18.1. The predicted molar refractivity (Wildman–Crippen MR) is 135 cm³/mol. The highest BCUT2D eigenvalue weighted by Crippen LogP contribution is 2.34. The van der Waals surface area contributed by atoms with E-state index in [-0.39, 0.29) is 5.91 Å². The van der Waals surface area contributed by atoms with Gasteiger partial charge in [0.15, 0.2) is 5.16 Å². The molecule has 2 aliphatic heterocycles. The van der Waals surface area contributed by atoms with Crippen molar-refractivity contribution in [2.24, 2.45) is 0 Å². The van der Waals surface area contributed by atoms with Crippen molar-refractivity contribution < 1.29 is 4.79 Å². The summed E-state index contributed by atoms with van der Waals surface area (Å²) in [6.45, 7) is 5.02. The van der Waals surface area contributed by atoms with Gasteiger partial charge in [-0.2, -0.15) is 0 Å². The maximum atomic E-state index is 13.3. The number of nitrogens with zero attached hydrogens (tertiary/aromatic N) is 5. The van der Waals surface area contributed by atoms with Gasteiger partial charge in [0, 0.05) is 50.0 Å². The summed E-state index contributed by atoms with van der Waals surface area (Å²) in [4.78, 5) is 31.1. The normalized spacial score (nSPS) is 17.2. The van der Waals surface area contributed by atoms with Crippen LogP contribution in [0.2, 0.25) is 5.02 Å². The number of amides is 1. The summed E-state index contributed by atoms with van der Waals surface area (Å²) in [6, 6.07) is 9.92. The Bertz CT molecular complexity index is 1120. The molecule has 0 N–H and O–H groups in total. The Morgan fingerprint density at radius 2 is 1.78 bits per heavy atom. The van der Waals surface area contributed by atoms with Crippen LogP contribution in [0.25, 0.3) is 10.2 Å². The fourth-order valence-corrected chi connectivity index (χ4v) is 6.02. The van der Waals surface area contributed by atoms with Gasteiger partial charge in [-0.3, -0.25) is 4.79 Å². The molecule has 0 aliphatic carbocycles. The van der Waals surface area contributed by atoms with Crippen LogP contribution in [0.5, 0.6) is 0 Å². The smallest absolute Gasteiger partial charge is 0.264 e. The fourth-order valence-electron chi connectivity index (χ4n) is 4.43. The average Bonchev–Trinajstić information content (AvgIpc) is 3.28. The van der Waals surface area contributed by atoms with Crippen molar-refractivity contribution in [3.05, 3.63) is 40.2 Å². The zero-order chi connectivity index (χ0) is 22.1. The molecule has 5 rings (SSSR count). The Morgan fingerprint density at radius 3 is 2.50 bits per heavy atom. The van der Waals surface area contributed by atoms with Crippen molar-refractivity contribution in [3.8, 4) is 0 Å². The molecule has 0 bridgehead atoms. The van der Waals surface area contributed by atoms with E-state index < -0.39 is 0 Å². The lowest BCUT2D eigenvalue weighted by molar-refractivity contribution is 0.0751. The van der Waals surface area contributed by atoms with E-state index in [0.29, 0.717) is 13.1 Å². The molecule has 0 atom stereocenters. The number of benzene rings is 1. The third-order valence-corrected chi connectivity index (χ3v) is 7.94. The molecule has 0 spiro atoms. The highest BCUT2D eigenvalue weighted by Gasteiger charge is 2.26. The first-order valence-electron chi connectivity index (χ1n) is 11.0. The number of carbonyl (C=O) groups excluding carboxylic acids is 1. The molecule has 32 heavy (non-hydrogen) atoms. The van der Waals surface area contributed by atoms with E-state index in [1.807, 2.05) is 35.4 Å². The summed E-state index contributed by atoms with van der Waals surface area (Å²) in [5.41, 5.74) is 1.11. The number of halogens is 1. The van der Waals surface area contributed by atoms with E-state index in [1.165, 1.54) is 30.6 Å². The second-order valence-electron chi connectivity index (χ2n) is 8.17. The third-order valence-electron chi connectivity index (χ3n) is 6.14. The van der Waals surface area contributed by atoms with Crippen LogP contribution in [0.4, 0.5) is 11.5 Å². The van der Waals surface area contributed by atoms with Gasteiger partial charge in [0.1, 0.15) is 10.6 Å². The topological polar surface area (TPSA) is 52.6 Å². The molecule has 3 aromatic rings. The highest BCUT2D eigenvalue weighted by atomic mass is 35.5. The SMILES string of the molecule is CSc1nc(N2CCCCC2)c2cc(C(=O)N3CCN(c4cccc(Cl)c4)CC3)sc2n1. The molecule has 168 valence electrons. The maximum Gasteiger partial charge on any atom is 0.264 e. The van der Waals surface area contributed by atoms with E-state index in [2.05, 4.69) is 15.9 Å². The molecule has 2 fully saturated rings. The van der Waals surface area contributed by atoms with E-state index in [4.69, 9.17) is 21.6 Å². The van der Waals surface area contributed by atoms with E-state index >= 15 is 0 Å². The summed E-state index contributed by atoms with van der Waals surface area (Å²) in [7, 11) is 0. The van der Waals surface area contributed by atoms with Crippen molar-refractivity contribution in [1.82, 2.24) is 14.9 Å². The van der Waals surface area contributed by atoms with Crippen LogP contribution < -0.4 is 9.80 Å². The fraction of sp³-hybridized carbons (Fsp3) is 0.435. The summed E-state index contributed by atoms with van der Waals surface area (Å²) in [6.07, 6.45) is 5.65. The van der Waals surface area contributed by atoms with Crippen LogP contribution >= 0.6 is 34.7 Å². The standard InChI is InChI=1S/C23H26ClN5OS2/c1-31-23-25-20(28-8-3-2-4-9-28)18-15-19(32-21(18)26-23)22(30)29-12-10-27(11-13-29)17-7-5-6-16(24)14-17/h5-7,14-15H,2-4,8-13H2,1H3. The summed E-state index contributed by atoms with van der Waals surface area (Å²) in [5, 5.41) is 2.52. The average molecular weight is 488 g/mol. The Morgan fingerprint density at radius 1 is 1.00 bits per heavy atom. The van der Waals surface area contributed by atoms with Crippen LogP contribution in [0.15, 0.2) is 35.5 Å². The minimum Gasteiger partial charge on any atom is -0.368 e. The minimum absolute atomic E-state index is 0.0917. The molecule has 1 aromatic carbocycles. The number of fused-ring (bicyclic) bond motifs is 1. The van der Waals surface area contributed by atoms with Crippen molar-refractivity contribution in [2.75, 3.05) is 55.3 Å². The van der Waals surface area contributed by atoms with Gasteiger partial charge < -0.3 is 14.7 Å². The molecule has 6 nitrogen and oxygen atoms in total. The number of carbonyl (C=O) groups is 1. The minimum atomic E-state index is 0.0917. The van der Waals surface area contributed by atoms with Gasteiger partial charge >= 0.3 is 0 Å². The summed E-state index contributed by atoms with van der Waals surface area (Å²) in [5.74, 6) is 1.08. The number of thioether (sulfide) groups is 1. The first-order valence-corrected chi connectivity index (χ1v) is 13.4. The second kappa shape index (κ2) is 9.45. The van der Waals surface area contributed by atoms with E-state index in [1.54, 1.807) is 11.8 Å². The molecule has 2 aliphatic rings. The largest absolute Gasteiger partial charge is 0.368 e. The number of aromatic nitrogens is 2. The van der Waals surface area contributed by atoms with Crippen molar-refractivity contribution in [1.29, 1.82) is 0 Å². The molecule has 0 radical (unpaired) electrons. The van der Waals surface area contributed by atoms with Crippen LogP contribution in [0.3, 0.4) is 0 Å². The van der Waals surface area contributed by atoms with Gasteiger partial charge in [-0.05, 0) is 49.8 Å². The Kier molecular flexibility index (Phi) is 6.44.